The molecule has 118 valence electrons. The monoisotopic (exact) mass is 366 g/mol. The van der Waals surface area contributed by atoms with Crippen LogP contribution < -0.4 is 4.90 Å². The van der Waals surface area contributed by atoms with Crippen molar-refractivity contribution in [3.05, 3.63) is 28.2 Å². The van der Waals surface area contributed by atoms with Gasteiger partial charge in [-0.05, 0) is 31.2 Å². The van der Waals surface area contributed by atoms with Crippen molar-refractivity contribution in [2.24, 2.45) is 0 Å². The fourth-order valence-electron chi connectivity index (χ4n) is 2.58. The molecule has 0 bridgehead atoms. The predicted octanol–water partition coefficient (Wildman–Crippen LogP) is 2.97. The van der Waals surface area contributed by atoms with Crippen molar-refractivity contribution in [1.82, 2.24) is 4.90 Å². The van der Waals surface area contributed by atoms with Crippen molar-refractivity contribution >= 4 is 21.6 Å². The van der Waals surface area contributed by atoms with E-state index in [0.29, 0.717) is 30.7 Å². The molecule has 7 heteroatoms. The Kier molecular flexibility index (Phi) is 5.51. The summed E-state index contributed by atoms with van der Waals surface area (Å²) in [7, 11) is 0. The minimum atomic E-state index is -4.35. The Balaban J connectivity index is 2.23. The van der Waals surface area contributed by atoms with E-state index < -0.39 is 11.7 Å². The first-order valence-electron chi connectivity index (χ1n) is 6.86. The zero-order valence-corrected chi connectivity index (χ0v) is 13.1. The zero-order chi connectivity index (χ0) is 15.5. The third-order valence-corrected chi connectivity index (χ3v) is 4.10. The summed E-state index contributed by atoms with van der Waals surface area (Å²) in [6, 6.07) is 4.07. The smallest absolute Gasteiger partial charge is 0.395 e. The molecule has 1 saturated heterocycles. The van der Waals surface area contributed by atoms with E-state index in [1.54, 1.807) is 4.90 Å². The van der Waals surface area contributed by atoms with Crippen LogP contribution in [0.3, 0.4) is 0 Å². The summed E-state index contributed by atoms with van der Waals surface area (Å²) in [5, 5.41) is 8.97. The Bertz CT molecular complexity index is 482. The van der Waals surface area contributed by atoms with Crippen molar-refractivity contribution in [2.75, 3.05) is 44.2 Å². The van der Waals surface area contributed by atoms with Gasteiger partial charge in [0.15, 0.2) is 0 Å². The van der Waals surface area contributed by atoms with Crippen LogP contribution in [0.15, 0.2) is 22.7 Å². The third kappa shape index (κ3) is 4.34. The van der Waals surface area contributed by atoms with Gasteiger partial charge < -0.3 is 10.0 Å². The average molecular weight is 367 g/mol. The van der Waals surface area contributed by atoms with Gasteiger partial charge in [0.25, 0.3) is 0 Å². The summed E-state index contributed by atoms with van der Waals surface area (Å²) in [5.74, 6) is 0. The summed E-state index contributed by atoms with van der Waals surface area (Å²) < 4.78 is 40.1. The molecule has 0 saturated carbocycles. The number of halogens is 4. The molecule has 1 heterocycles. The molecule has 1 aliphatic heterocycles. The molecule has 21 heavy (non-hydrogen) atoms. The highest BCUT2D eigenvalue weighted by Crippen LogP contribution is 2.38. The lowest BCUT2D eigenvalue weighted by Crippen LogP contribution is -2.33. The van der Waals surface area contributed by atoms with Crippen molar-refractivity contribution in [3.63, 3.8) is 0 Å². The van der Waals surface area contributed by atoms with E-state index in [0.717, 1.165) is 19.0 Å². The van der Waals surface area contributed by atoms with Crippen LogP contribution in [-0.4, -0.2) is 49.3 Å². The second kappa shape index (κ2) is 6.98. The molecule has 1 fully saturated rings. The Morgan fingerprint density at radius 1 is 1.14 bits per heavy atom. The first-order chi connectivity index (χ1) is 9.91. The van der Waals surface area contributed by atoms with Gasteiger partial charge in [0.05, 0.1) is 17.9 Å². The number of hydrogen-bond acceptors (Lipinski definition) is 3. The van der Waals surface area contributed by atoms with Crippen LogP contribution in [0.4, 0.5) is 18.9 Å². The van der Waals surface area contributed by atoms with E-state index in [2.05, 4.69) is 20.8 Å². The van der Waals surface area contributed by atoms with E-state index in [-0.39, 0.29) is 12.3 Å². The van der Waals surface area contributed by atoms with Crippen molar-refractivity contribution in [1.29, 1.82) is 0 Å². The van der Waals surface area contributed by atoms with E-state index in [1.165, 1.54) is 12.1 Å². The Labute approximate surface area is 130 Å². The average Bonchev–Trinajstić information content (AvgIpc) is 2.63. The summed E-state index contributed by atoms with van der Waals surface area (Å²) >= 11 is 3.25. The molecule has 0 aliphatic carbocycles. The van der Waals surface area contributed by atoms with Crippen LogP contribution >= 0.6 is 15.9 Å². The molecule has 1 N–H and O–H groups in total. The van der Waals surface area contributed by atoms with Crippen LogP contribution in [0.25, 0.3) is 0 Å². The highest BCUT2D eigenvalue weighted by Gasteiger charge is 2.35. The van der Waals surface area contributed by atoms with Crippen molar-refractivity contribution in [2.45, 2.75) is 12.6 Å². The number of aliphatic hydroxyl groups excluding tert-OH is 1. The number of benzene rings is 1. The molecule has 0 aromatic heterocycles. The zero-order valence-electron chi connectivity index (χ0n) is 11.5. The van der Waals surface area contributed by atoms with Gasteiger partial charge in [-0.1, -0.05) is 15.9 Å². The van der Waals surface area contributed by atoms with Gasteiger partial charge in [0.2, 0.25) is 0 Å². The quantitative estimate of drug-likeness (QED) is 0.890. The summed E-state index contributed by atoms with van der Waals surface area (Å²) in [4.78, 5) is 3.86. The van der Waals surface area contributed by atoms with Gasteiger partial charge in [-0.3, -0.25) is 4.90 Å². The van der Waals surface area contributed by atoms with E-state index in [4.69, 9.17) is 5.11 Å². The number of aliphatic hydroxyl groups is 1. The number of rotatable bonds is 3. The van der Waals surface area contributed by atoms with Gasteiger partial charge in [-0.25, -0.2) is 0 Å². The second-order valence-corrected chi connectivity index (χ2v) is 5.98. The molecule has 1 aromatic rings. The maximum Gasteiger partial charge on any atom is 0.418 e. The molecule has 3 nitrogen and oxygen atoms in total. The molecule has 0 amide bonds. The van der Waals surface area contributed by atoms with Crippen molar-refractivity contribution < 1.29 is 18.3 Å². The Morgan fingerprint density at radius 3 is 2.57 bits per heavy atom. The van der Waals surface area contributed by atoms with Gasteiger partial charge >= 0.3 is 6.18 Å². The second-order valence-electron chi connectivity index (χ2n) is 5.07. The molecule has 0 radical (unpaired) electrons. The maximum absolute atomic E-state index is 13.1. The predicted molar refractivity (Wildman–Crippen MR) is 79.5 cm³/mol. The van der Waals surface area contributed by atoms with Crippen LogP contribution in [0, 0.1) is 0 Å². The first kappa shape index (κ1) is 16.6. The third-order valence-electron chi connectivity index (χ3n) is 3.61. The molecular weight excluding hydrogens is 349 g/mol. The molecule has 0 atom stereocenters. The van der Waals surface area contributed by atoms with Gasteiger partial charge in [-0.15, -0.1) is 0 Å². The number of nitrogens with zero attached hydrogens (tertiary/aromatic N) is 2. The normalized spacial score (nSPS) is 17.9. The first-order valence-corrected chi connectivity index (χ1v) is 7.66. The molecule has 0 unspecified atom stereocenters. The Morgan fingerprint density at radius 2 is 1.90 bits per heavy atom. The van der Waals surface area contributed by atoms with E-state index >= 15 is 0 Å². The molecule has 1 aliphatic rings. The van der Waals surface area contributed by atoms with E-state index in [1.807, 2.05) is 0 Å². The van der Waals surface area contributed by atoms with Gasteiger partial charge in [0, 0.05) is 30.7 Å². The molecule has 0 spiro atoms. The minimum absolute atomic E-state index is 0.0741. The SMILES string of the molecule is OCCN1CCCN(c2cc(Br)ccc2C(F)(F)F)CC1. The number of alkyl halides is 3. The highest BCUT2D eigenvalue weighted by atomic mass is 79.9. The number of β-amino-alcohol motifs (C(OH)–C–C–N with tert-alkyl or cyclic N) is 1. The molecular formula is C14H18BrF3N2O. The Hall–Kier alpha value is -0.790. The van der Waals surface area contributed by atoms with E-state index in [9.17, 15) is 13.2 Å². The number of hydrogen-bond donors (Lipinski definition) is 1. The van der Waals surface area contributed by atoms with Gasteiger partial charge in [0.1, 0.15) is 0 Å². The van der Waals surface area contributed by atoms with Crippen LogP contribution in [0.5, 0.6) is 0 Å². The maximum atomic E-state index is 13.1. The fraction of sp³-hybridized carbons (Fsp3) is 0.571. The topological polar surface area (TPSA) is 26.7 Å². The van der Waals surface area contributed by atoms with Crippen LogP contribution in [0.1, 0.15) is 12.0 Å². The highest BCUT2D eigenvalue weighted by molar-refractivity contribution is 9.10. The minimum Gasteiger partial charge on any atom is -0.395 e. The number of anilines is 1. The lowest BCUT2D eigenvalue weighted by molar-refractivity contribution is -0.137. The fourth-order valence-corrected chi connectivity index (χ4v) is 2.93. The van der Waals surface area contributed by atoms with Crippen molar-refractivity contribution in [3.8, 4) is 0 Å². The summed E-state index contributed by atoms with van der Waals surface area (Å²) in [5.41, 5.74) is -0.371. The summed E-state index contributed by atoms with van der Waals surface area (Å²) in [6.45, 7) is 3.21. The van der Waals surface area contributed by atoms with Crippen LogP contribution in [0.2, 0.25) is 0 Å². The standard InChI is InChI=1S/C14H18BrF3N2O/c15-11-2-3-12(14(16,17)18)13(10-11)20-5-1-4-19(6-7-20)8-9-21/h2-3,10,21H,1,4-9H2. The molecule has 1 aromatic carbocycles. The van der Waals surface area contributed by atoms with Gasteiger partial charge in [-0.2, -0.15) is 13.2 Å². The summed E-state index contributed by atoms with van der Waals surface area (Å²) in [6.07, 6.45) is -3.57. The van der Waals surface area contributed by atoms with Crippen LogP contribution in [-0.2, 0) is 6.18 Å². The largest absolute Gasteiger partial charge is 0.418 e. The lowest BCUT2D eigenvalue weighted by atomic mass is 10.1. The molecule has 2 rings (SSSR count). The lowest BCUT2D eigenvalue weighted by Gasteiger charge is -2.26.